The molecule has 0 aliphatic heterocycles. The van der Waals surface area contributed by atoms with E-state index < -0.39 is 0 Å². The Balaban J connectivity index is 2.74. The van der Waals surface area contributed by atoms with E-state index in [2.05, 4.69) is 15.0 Å². The van der Waals surface area contributed by atoms with Gasteiger partial charge in [0.1, 0.15) is 0 Å². The maximum atomic E-state index is 11.6. The predicted molar refractivity (Wildman–Crippen MR) is 61.6 cm³/mol. The predicted octanol–water partition coefficient (Wildman–Crippen LogP) is 2.07. The highest BCUT2D eigenvalue weighted by atomic mass is 32.1. The van der Waals surface area contributed by atoms with Gasteiger partial charge in [0.15, 0.2) is 4.77 Å². The summed E-state index contributed by atoms with van der Waals surface area (Å²) in [6.07, 6.45) is 1.84. The maximum Gasteiger partial charge on any atom is 0.259 e. The minimum Gasteiger partial charge on any atom is -0.361 e. The number of nitrogens with one attached hydrogen (secondary N) is 3. The monoisotopic (exact) mass is 217 g/mol. The minimum absolute atomic E-state index is 0.156. The summed E-state index contributed by atoms with van der Waals surface area (Å²) in [5.74, 6) is 0. The molecular weight excluding hydrogens is 210 g/mol. The van der Waals surface area contributed by atoms with Crippen molar-refractivity contribution in [3.63, 3.8) is 0 Å². The van der Waals surface area contributed by atoms with Crippen LogP contribution in [0.25, 0.3) is 21.8 Å². The van der Waals surface area contributed by atoms with Crippen molar-refractivity contribution in [2.75, 3.05) is 0 Å². The first-order chi connectivity index (χ1) is 7.25. The SMILES string of the molecule is O=c1[nH]c(=S)[nH]c2c1ccc1[nH]ccc12. The fraction of sp³-hybridized carbons (Fsp3) is 0. The summed E-state index contributed by atoms with van der Waals surface area (Å²) < 4.78 is 0.348. The molecule has 0 bridgehead atoms. The number of aromatic nitrogens is 3. The Kier molecular flexibility index (Phi) is 1.58. The van der Waals surface area contributed by atoms with Crippen LogP contribution in [0.2, 0.25) is 0 Å². The number of rotatable bonds is 0. The van der Waals surface area contributed by atoms with Crippen molar-refractivity contribution < 1.29 is 0 Å². The van der Waals surface area contributed by atoms with Crippen LogP contribution < -0.4 is 5.56 Å². The zero-order valence-corrected chi connectivity index (χ0v) is 8.44. The molecule has 1 aromatic carbocycles. The van der Waals surface area contributed by atoms with Crippen molar-refractivity contribution >= 4 is 34.0 Å². The van der Waals surface area contributed by atoms with E-state index in [9.17, 15) is 4.79 Å². The molecule has 3 rings (SSSR count). The van der Waals surface area contributed by atoms with Gasteiger partial charge in [-0.15, -0.1) is 0 Å². The maximum absolute atomic E-state index is 11.6. The molecule has 0 saturated carbocycles. The number of hydrogen-bond acceptors (Lipinski definition) is 2. The zero-order chi connectivity index (χ0) is 10.4. The van der Waals surface area contributed by atoms with Crippen LogP contribution >= 0.6 is 12.2 Å². The highest BCUT2D eigenvalue weighted by Crippen LogP contribution is 2.19. The lowest BCUT2D eigenvalue weighted by molar-refractivity contribution is 1.14. The number of fused-ring (bicyclic) bond motifs is 3. The standard InChI is InChI=1S/C10H7N3OS/c14-9-6-1-2-7-5(3-4-11-7)8(6)12-10(15)13-9/h1-4,11H,(H2,12,13,14,15). The molecular formula is C10H7N3OS. The summed E-state index contributed by atoms with van der Waals surface area (Å²) in [6, 6.07) is 5.57. The molecule has 3 N–H and O–H groups in total. The van der Waals surface area contributed by atoms with Gasteiger partial charge in [0.05, 0.1) is 10.9 Å². The van der Waals surface area contributed by atoms with E-state index in [1.165, 1.54) is 0 Å². The molecule has 5 heteroatoms. The van der Waals surface area contributed by atoms with E-state index >= 15 is 0 Å². The molecule has 2 aromatic heterocycles. The third kappa shape index (κ3) is 1.13. The van der Waals surface area contributed by atoms with Gasteiger partial charge in [0.2, 0.25) is 0 Å². The van der Waals surface area contributed by atoms with E-state index in [-0.39, 0.29) is 5.56 Å². The smallest absolute Gasteiger partial charge is 0.259 e. The van der Waals surface area contributed by atoms with Crippen LogP contribution in [0.15, 0.2) is 29.2 Å². The summed E-state index contributed by atoms with van der Waals surface area (Å²) in [7, 11) is 0. The normalized spacial score (nSPS) is 11.2. The molecule has 74 valence electrons. The van der Waals surface area contributed by atoms with Gasteiger partial charge in [0, 0.05) is 17.1 Å². The Morgan fingerprint density at radius 3 is 2.80 bits per heavy atom. The van der Waals surface area contributed by atoms with Crippen LogP contribution in [0.4, 0.5) is 0 Å². The average Bonchev–Trinajstić information content (AvgIpc) is 2.65. The molecule has 2 heterocycles. The van der Waals surface area contributed by atoms with Gasteiger partial charge in [-0.25, -0.2) is 0 Å². The van der Waals surface area contributed by atoms with Crippen molar-refractivity contribution in [2.24, 2.45) is 0 Å². The van der Waals surface area contributed by atoms with E-state index in [1.807, 2.05) is 18.3 Å². The second kappa shape index (κ2) is 2.80. The van der Waals surface area contributed by atoms with Crippen LogP contribution in [-0.4, -0.2) is 15.0 Å². The van der Waals surface area contributed by atoms with Crippen molar-refractivity contribution in [1.82, 2.24) is 15.0 Å². The lowest BCUT2D eigenvalue weighted by Gasteiger charge is -1.98. The molecule has 3 aromatic rings. The molecule has 0 radical (unpaired) electrons. The second-order valence-corrected chi connectivity index (χ2v) is 3.74. The van der Waals surface area contributed by atoms with Crippen LogP contribution in [0, 0.1) is 4.77 Å². The first-order valence-electron chi connectivity index (χ1n) is 4.48. The van der Waals surface area contributed by atoms with Crippen LogP contribution in [-0.2, 0) is 0 Å². The fourth-order valence-electron chi connectivity index (χ4n) is 1.77. The molecule has 4 nitrogen and oxygen atoms in total. The number of hydrogen-bond donors (Lipinski definition) is 3. The number of aromatic amines is 3. The van der Waals surface area contributed by atoms with E-state index in [1.54, 1.807) is 6.07 Å². The fourth-order valence-corrected chi connectivity index (χ4v) is 1.97. The molecule has 0 fully saturated rings. The quantitative estimate of drug-likeness (QED) is 0.505. The minimum atomic E-state index is -0.156. The molecule has 0 spiro atoms. The second-order valence-electron chi connectivity index (χ2n) is 3.34. The Labute approximate surface area is 89.0 Å². The number of H-pyrrole nitrogens is 3. The Bertz CT molecular complexity index is 765. The lowest BCUT2D eigenvalue weighted by atomic mass is 10.2. The highest BCUT2D eigenvalue weighted by Gasteiger charge is 2.04. The molecule has 0 aliphatic rings. The van der Waals surface area contributed by atoms with Gasteiger partial charge < -0.3 is 9.97 Å². The van der Waals surface area contributed by atoms with Gasteiger partial charge in [-0.1, -0.05) is 0 Å². The summed E-state index contributed by atoms with van der Waals surface area (Å²) in [6.45, 7) is 0. The molecule has 0 unspecified atom stereocenters. The van der Waals surface area contributed by atoms with Crippen molar-refractivity contribution in [3.8, 4) is 0 Å². The largest absolute Gasteiger partial charge is 0.361 e. The van der Waals surface area contributed by atoms with Gasteiger partial charge >= 0.3 is 0 Å². The van der Waals surface area contributed by atoms with Crippen LogP contribution in [0.5, 0.6) is 0 Å². The van der Waals surface area contributed by atoms with Gasteiger partial charge in [-0.05, 0) is 30.4 Å². The van der Waals surface area contributed by atoms with Crippen molar-refractivity contribution in [1.29, 1.82) is 0 Å². The Morgan fingerprint density at radius 2 is 1.93 bits per heavy atom. The third-order valence-electron chi connectivity index (χ3n) is 2.44. The third-order valence-corrected chi connectivity index (χ3v) is 2.65. The summed E-state index contributed by atoms with van der Waals surface area (Å²) in [5.41, 5.74) is 1.61. The summed E-state index contributed by atoms with van der Waals surface area (Å²) in [4.78, 5) is 20.3. The Morgan fingerprint density at radius 1 is 1.07 bits per heavy atom. The average molecular weight is 217 g/mol. The molecule has 0 aliphatic carbocycles. The first kappa shape index (κ1) is 8.43. The van der Waals surface area contributed by atoms with Gasteiger partial charge in [-0.2, -0.15) is 0 Å². The van der Waals surface area contributed by atoms with Gasteiger partial charge in [-0.3, -0.25) is 9.78 Å². The lowest BCUT2D eigenvalue weighted by Crippen LogP contribution is -2.07. The van der Waals surface area contributed by atoms with Crippen molar-refractivity contribution in [3.05, 3.63) is 39.5 Å². The van der Waals surface area contributed by atoms with E-state index in [0.717, 1.165) is 16.4 Å². The zero-order valence-electron chi connectivity index (χ0n) is 7.63. The van der Waals surface area contributed by atoms with E-state index in [0.29, 0.717) is 10.2 Å². The highest BCUT2D eigenvalue weighted by molar-refractivity contribution is 7.71. The Hall–Kier alpha value is -1.88. The van der Waals surface area contributed by atoms with E-state index in [4.69, 9.17) is 12.2 Å². The molecule has 0 saturated heterocycles. The first-order valence-corrected chi connectivity index (χ1v) is 4.89. The molecule has 15 heavy (non-hydrogen) atoms. The number of benzene rings is 1. The topological polar surface area (TPSA) is 64.4 Å². The van der Waals surface area contributed by atoms with Gasteiger partial charge in [0.25, 0.3) is 5.56 Å². The van der Waals surface area contributed by atoms with Crippen LogP contribution in [0.1, 0.15) is 0 Å². The van der Waals surface area contributed by atoms with Crippen molar-refractivity contribution in [2.45, 2.75) is 0 Å². The van der Waals surface area contributed by atoms with Crippen LogP contribution in [0.3, 0.4) is 0 Å². The summed E-state index contributed by atoms with van der Waals surface area (Å²) in [5, 5.41) is 1.60. The molecule has 0 atom stereocenters. The summed E-state index contributed by atoms with van der Waals surface area (Å²) >= 11 is 4.94. The molecule has 0 amide bonds.